The minimum absolute atomic E-state index is 0.0208. The maximum absolute atomic E-state index is 14.1. The Kier molecular flexibility index (Phi) is 9.45. The molecule has 1 aliphatic heterocycles. The average Bonchev–Trinajstić information content (AvgIpc) is 3.43. The second-order valence-corrected chi connectivity index (χ2v) is 14.2. The highest BCUT2D eigenvalue weighted by Crippen LogP contribution is 2.43. The van der Waals surface area contributed by atoms with Gasteiger partial charge in [-0.1, -0.05) is 48.6 Å². The Balaban J connectivity index is 1.75. The Morgan fingerprint density at radius 3 is 2.14 bits per heavy atom. The van der Waals surface area contributed by atoms with E-state index in [1.807, 2.05) is 12.1 Å². The molecule has 216 valence electrons. The molecule has 0 fully saturated rings. The average molecular weight is 590 g/mol. The number of hydrogen-bond donors (Lipinski definition) is 2. The van der Waals surface area contributed by atoms with Crippen LogP contribution in [0.4, 0.5) is 0 Å². The molecule has 3 aromatic rings. The second kappa shape index (κ2) is 12.4. The summed E-state index contributed by atoms with van der Waals surface area (Å²) in [5, 5.41) is 9.36. The standard InChI is InChI=1S/C28H36B7NO6S/c1-26(2,32)15-4-7-17(8-5-15)43-36-25(39)28(35,16-6-10-20-21(12-16)41-13-40-20)42-19-9-3-14(24(37)38)11-18(19)27(33,34)22(29)23(30)31/h3-12,22-23H,13,29-35H2,1-2H3,(H,36,39)(H,37,38). The molecule has 0 aromatic heterocycles. The Hall–Kier alpha value is -3.20. The number of aromatic carboxylic acids is 1. The Bertz CT molecular complexity index is 1520. The molecule has 0 spiro atoms. The largest absolute Gasteiger partial charge is 0.482 e. The third kappa shape index (κ3) is 6.98. The summed E-state index contributed by atoms with van der Waals surface area (Å²) >= 11 is 1.22. The molecule has 7 nitrogen and oxygen atoms in total. The number of benzene rings is 3. The molecule has 0 bridgehead atoms. The monoisotopic (exact) mass is 591 g/mol. The van der Waals surface area contributed by atoms with E-state index in [4.69, 9.17) is 14.2 Å². The van der Waals surface area contributed by atoms with E-state index >= 15 is 0 Å². The van der Waals surface area contributed by atoms with Gasteiger partial charge in [0.05, 0.1) is 21.3 Å². The first kappa shape index (κ1) is 32.7. The highest BCUT2D eigenvalue weighted by molar-refractivity contribution is 7.98. The SMILES string of the molecule is BC(B)C(B)C(B)(B)c1cc(C(=O)O)ccc1OC(B)(C(=O)NSc1ccc(C(B)(C)C)cc1)c1ccc2c(c1)OCO2. The Labute approximate surface area is 265 Å². The molecular weight excluding hydrogens is 554 g/mol. The first-order valence-corrected chi connectivity index (χ1v) is 15.4. The summed E-state index contributed by atoms with van der Waals surface area (Å²) in [4.78, 5) is 27.0. The predicted octanol–water partition coefficient (Wildman–Crippen LogP) is -1.48. The number of ether oxygens (including phenoxy) is 3. The van der Waals surface area contributed by atoms with Crippen molar-refractivity contribution < 1.29 is 28.9 Å². The van der Waals surface area contributed by atoms with Crippen LogP contribution in [0.1, 0.15) is 40.9 Å². The maximum Gasteiger partial charge on any atom is 0.335 e. The van der Waals surface area contributed by atoms with E-state index in [9.17, 15) is 14.7 Å². The Morgan fingerprint density at radius 2 is 1.53 bits per heavy atom. The summed E-state index contributed by atoms with van der Waals surface area (Å²) < 4.78 is 20.9. The van der Waals surface area contributed by atoms with Crippen molar-refractivity contribution in [2.45, 2.75) is 46.3 Å². The van der Waals surface area contributed by atoms with Gasteiger partial charge in [0.2, 0.25) is 6.79 Å². The molecular formula is C28H36B7NO6S. The van der Waals surface area contributed by atoms with Crippen LogP contribution in [0.15, 0.2) is 65.6 Å². The van der Waals surface area contributed by atoms with Gasteiger partial charge in [0.25, 0.3) is 5.91 Å². The molecule has 4 rings (SSSR count). The third-order valence-corrected chi connectivity index (χ3v) is 9.51. The van der Waals surface area contributed by atoms with Gasteiger partial charge in [0.1, 0.15) is 37.1 Å². The highest BCUT2D eigenvalue weighted by Gasteiger charge is 2.41. The van der Waals surface area contributed by atoms with Crippen LogP contribution < -0.4 is 18.9 Å². The summed E-state index contributed by atoms with van der Waals surface area (Å²) in [6, 6.07) is 18.3. The van der Waals surface area contributed by atoms with Crippen molar-refractivity contribution in [3.8, 4) is 17.2 Å². The van der Waals surface area contributed by atoms with Crippen LogP contribution in [0.2, 0.25) is 11.5 Å². The number of rotatable bonds is 11. The molecule has 2 N–H and O–H groups in total. The molecule has 2 atom stereocenters. The van der Waals surface area contributed by atoms with E-state index in [0.717, 1.165) is 10.5 Å². The zero-order chi connectivity index (χ0) is 31.7. The van der Waals surface area contributed by atoms with Gasteiger partial charge in [-0.25, -0.2) is 4.79 Å². The summed E-state index contributed by atoms with van der Waals surface area (Å²) in [5.74, 6) is 0.345. The fourth-order valence-corrected chi connectivity index (χ4v) is 5.89. The first-order chi connectivity index (χ1) is 20.0. The van der Waals surface area contributed by atoms with Crippen molar-refractivity contribution in [2.75, 3.05) is 6.79 Å². The van der Waals surface area contributed by atoms with Crippen molar-refractivity contribution >= 4 is 78.7 Å². The van der Waals surface area contributed by atoms with Gasteiger partial charge in [-0.05, 0) is 70.9 Å². The number of amides is 1. The van der Waals surface area contributed by atoms with Gasteiger partial charge in [0, 0.05) is 4.90 Å². The van der Waals surface area contributed by atoms with Crippen molar-refractivity contribution in [2.24, 2.45) is 0 Å². The molecule has 0 radical (unpaired) electrons. The van der Waals surface area contributed by atoms with Gasteiger partial charge < -0.3 is 19.3 Å². The first-order valence-electron chi connectivity index (χ1n) is 14.6. The number of fused-ring (bicyclic) bond motifs is 1. The van der Waals surface area contributed by atoms with Crippen molar-refractivity contribution in [1.29, 1.82) is 0 Å². The van der Waals surface area contributed by atoms with Crippen molar-refractivity contribution in [3.63, 3.8) is 0 Å². The molecule has 1 amide bonds. The number of carbonyl (C=O) groups excluding carboxylic acids is 1. The van der Waals surface area contributed by atoms with Crippen LogP contribution >= 0.6 is 11.9 Å². The third-order valence-electron chi connectivity index (χ3n) is 8.71. The van der Waals surface area contributed by atoms with Crippen molar-refractivity contribution in [3.05, 3.63) is 82.9 Å². The fraction of sp³-hybridized carbons (Fsp3) is 0.286. The zero-order valence-electron chi connectivity index (χ0n) is 26.5. The van der Waals surface area contributed by atoms with Crippen LogP contribution in [-0.2, 0) is 20.8 Å². The van der Waals surface area contributed by atoms with Gasteiger partial charge in [-0.2, -0.15) is 0 Å². The van der Waals surface area contributed by atoms with E-state index < -0.39 is 16.7 Å². The molecule has 2 unspecified atom stereocenters. The summed E-state index contributed by atoms with van der Waals surface area (Å²) in [5.41, 5.74) is 1.47. The predicted molar refractivity (Wildman–Crippen MR) is 191 cm³/mol. The maximum atomic E-state index is 14.1. The lowest BCUT2D eigenvalue weighted by Gasteiger charge is -2.39. The topological polar surface area (TPSA) is 94.1 Å². The number of carboxylic acid groups (broad SMARTS) is 1. The zero-order valence-corrected chi connectivity index (χ0v) is 27.3. The number of carbonyl (C=O) groups is 2. The van der Waals surface area contributed by atoms with Crippen LogP contribution in [0, 0.1) is 0 Å². The summed E-state index contributed by atoms with van der Waals surface area (Å²) in [6.45, 7) is 4.42. The van der Waals surface area contributed by atoms with E-state index in [2.05, 4.69) is 77.8 Å². The lowest BCUT2D eigenvalue weighted by molar-refractivity contribution is -0.129. The molecule has 0 saturated carbocycles. The van der Waals surface area contributed by atoms with Crippen LogP contribution in [0.25, 0.3) is 0 Å². The molecule has 3 aromatic carbocycles. The van der Waals surface area contributed by atoms with Crippen LogP contribution in [-0.4, -0.2) is 78.7 Å². The minimum atomic E-state index is -1.50. The summed E-state index contributed by atoms with van der Waals surface area (Å²) in [6.07, 6.45) is 0. The summed E-state index contributed by atoms with van der Waals surface area (Å²) in [7, 11) is 14.5. The van der Waals surface area contributed by atoms with Crippen LogP contribution in [0.3, 0.4) is 0 Å². The van der Waals surface area contributed by atoms with Gasteiger partial charge in [0.15, 0.2) is 24.8 Å². The van der Waals surface area contributed by atoms with Gasteiger partial charge in [-0.15, -0.1) is 5.72 Å². The number of nitrogens with one attached hydrogen (secondary N) is 1. The van der Waals surface area contributed by atoms with E-state index in [1.165, 1.54) is 23.6 Å². The molecule has 1 heterocycles. The molecule has 0 saturated heterocycles. The Morgan fingerprint density at radius 1 is 0.907 bits per heavy atom. The fourth-order valence-electron chi connectivity index (χ4n) is 5.21. The molecule has 0 aliphatic carbocycles. The smallest absolute Gasteiger partial charge is 0.335 e. The normalized spacial score (nSPS) is 15.0. The number of hydrogen-bond acceptors (Lipinski definition) is 6. The lowest BCUT2D eigenvalue weighted by Crippen LogP contribution is -2.48. The van der Waals surface area contributed by atoms with Gasteiger partial charge >= 0.3 is 5.97 Å². The van der Waals surface area contributed by atoms with Crippen LogP contribution in [0.5, 0.6) is 17.2 Å². The van der Waals surface area contributed by atoms with E-state index in [-0.39, 0.29) is 29.4 Å². The van der Waals surface area contributed by atoms with E-state index in [1.54, 1.807) is 38.2 Å². The number of carboxylic acids is 1. The molecule has 15 heteroatoms. The van der Waals surface area contributed by atoms with E-state index in [0.29, 0.717) is 28.5 Å². The molecule has 1 aliphatic rings. The molecule has 43 heavy (non-hydrogen) atoms. The van der Waals surface area contributed by atoms with Crippen molar-refractivity contribution in [1.82, 2.24) is 4.72 Å². The highest BCUT2D eigenvalue weighted by atomic mass is 32.2. The quantitative estimate of drug-likeness (QED) is 0.208. The minimum Gasteiger partial charge on any atom is -0.482 e. The second-order valence-electron chi connectivity index (χ2n) is 13.3. The van der Waals surface area contributed by atoms with Gasteiger partial charge in [-0.3, -0.25) is 9.52 Å². The lowest BCUT2D eigenvalue weighted by atomic mass is 9.35.